The van der Waals surface area contributed by atoms with Gasteiger partial charge in [0.05, 0.1) is 7.11 Å². The van der Waals surface area contributed by atoms with Crippen molar-refractivity contribution in [1.82, 2.24) is 0 Å². The van der Waals surface area contributed by atoms with Gasteiger partial charge in [-0.25, -0.2) is 0 Å². The maximum atomic E-state index is 5.34. The number of rotatable bonds is 17. The highest BCUT2D eigenvalue weighted by molar-refractivity contribution is 5.49. The SMILES string of the molecule is CCCCCCCCCCN(CC[C@H](C)CCC=C(C)C)c1ccc(OC)cc1. The van der Waals surface area contributed by atoms with Crippen molar-refractivity contribution in [3.63, 3.8) is 0 Å². The number of nitrogens with zero attached hydrogens (tertiary/aromatic N) is 1. The third-order valence-electron chi connectivity index (χ3n) is 5.82. The Morgan fingerprint density at radius 2 is 1.52 bits per heavy atom. The van der Waals surface area contributed by atoms with Gasteiger partial charge < -0.3 is 9.64 Å². The summed E-state index contributed by atoms with van der Waals surface area (Å²) in [6, 6.07) is 8.62. The fraction of sp³-hybridized carbons (Fsp3) is 0.704. The molecule has 0 aliphatic carbocycles. The summed E-state index contributed by atoms with van der Waals surface area (Å²) in [6.45, 7) is 11.4. The van der Waals surface area contributed by atoms with Crippen LogP contribution in [0.1, 0.15) is 98.3 Å². The molecule has 1 rings (SSSR count). The predicted molar refractivity (Wildman–Crippen MR) is 130 cm³/mol. The maximum Gasteiger partial charge on any atom is 0.119 e. The molecule has 0 radical (unpaired) electrons. The van der Waals surface area contributed by atoms with Gasteiger partial charge >= 0.3 is 0 Å². The molecule has 0 fully saturated rings. The molecule has 0 saturated heterocycles. The van der Waals surface area contributed by atoms with Gasteiger partial charge in [0.2, 0.25) is 0 Å². The van der Waals surface area contributed by atoms with Gasteiger partial charge in [-0.2, -0.15) is 0 Å². The normalized spacial score (nSPS) is 11.9. The van der Waals surface area contributed by atoms with E-state index < -0.39 is 0 Å². The second-order valence-corrected chi connectivity index (χ2v) is 8.91. The maximum absolute atomic E-state index is 5.34. The fourth-order valence-corrected chi connectivity index (χ4v) is 3.78. The largest absolute Gasteiger partial charge is 0.497 e. The summed E-state index contributed by atoms with van der Waals surface area (Å²) >= 11 is 0. The quantitative estimate of drug-likeness (QED) is 0.192. The molecule has 29 heavy (non-hydrogen) atoms. The average Bonchev–Trinajstić information content (AvgIpc) is 2.72. The van der Waals surface area contributed by atoms with Crippen molar-refractivity contribution >= 4 is 5.69 Å². The number of unbranched alkanes of at least 4 members (excludes halogenated alkanes) is 7. The van der Waals surface area contributed by atoms with E-state index in [-0.39, 0.29) is 0 Å². The molecule has 2 heteroatoms. The van der Waals surface area contributed by atoms with E-state index in [2.05, 4.69) is 62.9 Å². The summed E-state index contributed by atoms with van der Waals surface area (Å²) in [4.78, 5) is 2.59. The number of ether oxygens (including phenoxy) is 1. The standard InChI is InChI=1S/C27H47NO/c1-6-7-8-9-10-11-12-13-22-28(26-17-19-27(29-5)20-18-26)23-21-25(4)16-14-15-24(2)3/h15,17-20,25H,6-14,16,21-23H2,1-5H3/t25-/m1/s1. The molecule has 0 amide bonds. The molecule has 0 bridgehead atoms. The predicted octanol–water partition coefficient (Wildman–Crippen LogP) is 8.41. The van der Waals surface area contributed by atoms with E-state index in [9.17, 15) is 0 Å². The summed E-state index contributed by atoms with van der Waals surface area (Å²) in [5, 5.41) is 0. The van der Waals surface area contributed by atoms with Gasteiger partial charge in [0.15, 0.2) is 0 Å². The van der Waals surface area contributed by atoms with Gasteiger partial charge in [0.1, 0.15) is 5.75 Å². The van der Waals surface area contributed by atoms with Crippen molar-refractivity contribution in [2.75, 3.05) is 25.1 Å². The highest BCUT2D eigenvalue weighted by Gasteiger charge is 2.09. The van der Waals surface area contributed by atoms with Crippen molar-refractivity contribution in [1.29, 1.82) is 0 Å². The number of benzene rings is 1. The van der Waals surface area contributed by atoms with E-state index in [0.717, 1.165) is 18.2 Å². The van der Waals surface area contributed by atoms with Crippen LogP contribution in [0.4, 0.5) is 5.69 Å². The molecule has 0 heterocycles. The van der Waals surface area contributed by atoms with Crippen LogP contribution in [0.3, 0.4) is 0 Å². The Labute approximate surface area is 181 Å². The zero-order valence-corrected chi connectivity index (χ0v) is 20.0. The lowest BCUT2D eigenvalue weighted by Gasteiger charge is -2.26. The molecule has 1 atom stereocenters. The lowest BCUT2D eigenvalue weighted by molar-refractivity contribution is 0.414. The minimum atomic E-state index is 0.768. The van der Waals surface area contributed by atoms with E-state index in [1.807, 2.05) is 0 Å². The minimum absolute atomic E-state index is 0.768. The first-order valence-electron chi connectivity index (χ1n) is 12.1. The van der Waals surface area contributed by atoms with E-state index in [0.29, 0.717) is 0 Å². The molecule has 0 aromatic heterocycles. The Morgan fingerprint density at radius 3 is 2.10 bits per heavy atom. The van der Waals surface area contributed by atoms with Crippen LogP contribution in [0.15, 0.2) is 35.9 Å². The van der Waals surface area contributed by atoms with Gasteiger partial charge in [0.25, 0.3) is 0 Å². The molecular weight excluding hydrogens is 354 g/mol. The van der Waals surface area contributed by atoms with Crippen molar-refractivity contribution < 1.29 is 4.74 Å². The molecule has 2 nitrogen and oxygen atoms in total. The van der Waals surface area contributed by atoms with Crippen LogP contribution in [0, 0.1) is 5.92 Å². The Bertz CT molecular complexity index is 530. The van der Waals surface area contributed by atoms with Crippen molar-refractivity contribution in [3.8, 4) is 5.75 Å². The molecule has 0 spiro atoms. The van der Waals surface area contributed by atoms with Crippen LogP contribution in [-0.2, 0) is 0 Å². The molecular formula is C27H47NO. The summed E-state index contributed by atoms with van der Waals surface area (Å²) in [5.74, 6) is 1.71. The number of methoxy groups -OCH3 is 1. The highest BCUT2D eigenvalue weighted by atomic mass is 16.5. The summed E-state index contributed by atoms with van der Waals surface area (Å²) in [5.41, 5.74) is 2.77. The zero-order valence-electron chi connectivity index (χ0n) is 20.0. The van der Waals surface area contributed by atoms with Gasteiger partial charge in [-0.1, -0.05) is 70.4 Å². The van der Waals surface area contributed by atoms with Crippen LogP contribution in [0.25, 0.3) is 0 Å². The first-order chi connectivity index (χ1) is 14.1. The van der Waals surface area contributed by atoms with Crippen LogP contribution < -0.4 is 9.64 Å². The van der Waals surface area contributed by atoms with Crippen LogP contribution in [0.2, 0.25) is 0 Å². The summed E-state index contributed by atoms with van der Waals surface area (Å²) < 4.78 is 5.34. The first-order valence-corrected chi connectivity index (χ1v) is 12.1. The van der Waals surface area contributed by atoms with Crippen LogP contribution in [0.5, 0.6) is 5.75 Å². The molecule has 0 N–H and O–H groups in total. The Balaban J connectivity index is 2.45. The lowest BCUT2D eigenvalue weighted by Crippen LogP contribution is -2.27. The minimum Gasteiger partial charge on any atom is -0.497 e. The van der Waals surface area contributed by atoms with Crippen molar-refractivity contribution in [2.45, 2.75) is 98.3 Å². The molecule has 1 aromatic carbocycles. The van der Waals surface area contributed by atoms with E-state index in [1.165, 1.54) is 88.4 Å². The van der Waals surface area contributed by atoms with E-state index >= 15 is 0 Å². The average molecular weight is 402 g/mol. The van der Waals surface area contributed by atoms with E-state index in [4.69, 9.17) is 4.74 Å². The lowest BCUT2D eigenvalue weighted by atomic mass is 10.0. The molecule has 1 aromatic rings. The third kappa shape index (κ3) is 12.7. The number of hydrogen-bond donors (Lipinski definition) is 0. The molecule has 0 aliphatic rings. The van der Waals surface area contributed by atoms with Gasteiger partial charge in [-0.05, 0) is 69.7 Å². The van der Waals surface area contributed by atoms with E-state index in [1.54, 1.807) is 7.11 Å². The first kappa shape index (κ1) is 25.6. The molecule has 0 saturated carbocycles. The fourth-order valence-electron chi connectivity index (χ4n) is 3.78. The number of hydrogen-bond acceptors (Lipinski definition) is 2. The Kier molecular flexibility index (Phi) is 14.4. The van der Waals surface area contributed by atoms with Gasteiger partial charge in [0, 0.05) is 18.8 Å². The molecule has 0 unspecified atom stereocenters. The van der Waals surface area contributed by atoms with Gasteiger partial charge in [-0.3, -0.25) is 0 Å². The van der Waals surface area contributed by atoms with Crippen molar-refractivity contribution in [3.05, 3.63) is 35.9 Å². The van der Waals surface area contributed by atoms with Crippen molar-refractivity contribution in [2.24, 2.45) is 5.92 Å². The summed E-state index contributed by atoms with van der Waals surface area (Å²) in [6.07, 6.45) is 17.2. The third-order valence-corrected chi connectivity index (χ3v) is 5.82. The molecule has 0 aliphatic heterocycles. The van der Waals surface area contributed by atoms with Gasteiger partial charge in [-0.15, -0.1) is 0 Å². The second-order valence-electron chi connectivity index (χ2n) is 8.91. The smallest absolute Gasteiger partial charge is 0.119 e. The highest BCUT2D eigenvalue weighted by Crippen LogP contribution is 2.22. The van der Waals surface area contributed by atoms with Crippen LogP contribution in [-0.4, -0.2) is 20.2 Å². The zero-order chi connectivity index (χ0) is 21.3. The molecule has 166 valence electrons. The Hall–Kier alpha value is -1.44. The number of anilines is 1. The monoisotopic (exact) mass is 401 g/mol. The van der Waals surface area contributed by atoms with Crippen LogP contribution >= 0.6 is 0 Å². The number of allylic oxidation sites excluding steroid dienone is 2. The Morgan fingerprint density at radius 1 is 0.897 bits per heavy atom. The second kappa shape index (κ2) is 16.4. The topological polar surface area (TPSA) is 12.5 Å². The summed E-state index contributed by atoms with van der Waals surface area (Å²) in [7, 11) is 1.74.